The summed E-state index contributed by atoms with van der Waals surface area (Å²) in [6.07, 6.45) is 2.91. The van der Waals surface area contributed by atoms with Crippen LogP contribution in [-0.2, 0) is 0 Å². The van der Waals surface area contributed by atoms with Crippen molar-refractivity contribution in [2.75, 3.05) is 0 Å². The van der Waals surface area contributed by atoms with Crippen molar-refractivity contribution in [3.63, 3.8) is 0 Å². The number of fused-ring (bicyclic) bond motifs is 1. The topological polar surface area (TPSA) is 92.2 Å². The van der Waals surface area contributed by atoms with E-state index in [1.54, 1.807) is 6.92 Å². The van der Waals surface area contributed by atoms with Gasteiger partial charge in [0.2, 0.25) is 0 Å². The molecule has 0 atom stereocenters. The Hall–Kier alpha value is -2.44. The molecule has 0 spiro atoms. The molecule has 0 aliphatic carbocycles. The number of aryl methyl sites for hydroxylation is 1. The van der Waals surface area contributed by atoms with Crippen molar-refractivity contribution in [1.82, 2.24) is 29.7 Å². The summed E-state index contributed by atoms with van der Waals surface area (Å²) in [5, 5.41) is 2.98. The zero-order chi connectivity index (χ0) is 12.0. The van der Waals surface area contributed by atoms with E-state index in [0.29, 0.717) is 22.5 Å². The largest absolute Gasteiger partial charge is 0.340 e. The molecule has 86 valence electrons. The lowest BCUT2D eigenvalue weighted by atomic mass is 10.3. The first-order valence-corrected chi connectivity index (χ1v) is 5.11. The molecule has 2 N–H and O–H groups in total. The molecule has 3 aromatic heterocycles. The molecule has 0 amide bonds. The van der Waals surface area contributed by atoms with Crippen LogP contribution in [0, 0.1) is 13.8 Å². The highest BCUT2D eigenvalue weighted by atomic mass is 16.1. The van der Waals surface area contributed by atoms with Crippen LogP contribution >= 0.6 is 0 Å². The van der Waals surface area contributed by atoms with E-state index in [1.807, 2.05) is 6.92 Å². The molecule has 17 heavy (non-hydrogen) atoms. The van der Waals surface area contributed by atoms with Crippen LogP contribution in [0.2, 0.25) is 0 Å². The molecule has 7 heteroatoms. The average molecular weight is 230 g/mol. The molecule has 3 aromatic rings. The Labute approximate surface area is 95.5 Å². The fourth-order valence-corrected chi connectivity index (χ4v) is 1.70. The van der Waals surface area contributed by atoms with Gasteiger partial charge < -0.3 is 4.98 Å². The number of aromatic nitrogens is 6. The molecule has 3 heterocycles. The maximum atomic E-state index is 12.0. The Kier molecular flexibility index (Phi) is 1.88. The lowest BCUT2D eigenvalue weighted by Gasteiger charge is -2.00. The van der Waals surface area contributed by atoms with Crippen LogP contribution in [-0.4, -0.2) is 29.7 Å². The van der Waals surface area contributed by atoms with E-state index < -0.39 is 0 Å². The average Bonchev–Trinajstić information content (AvgIpc) is 2.89. The number of nitrogens with one attached hydrogen (secondary N) is 2. The van der Waals surface area contributed by atoms with E-state index in [1.165, 1.54) is 17.3 Å². The molecule has 0 aromatic carbocycles. The first kappa shape index (κ1) is 9.76. The molecule has 0 aliphatic heterocycles. The highest BCUT2D eigenvalue weighted by Crippen LogP contribution is 2.12. The van der Waals surface area contributed by atoms with Crippen molar-refractivity contribution in [2.24, 2.45) is 0 Å². The summed E-state index contributed by atoms with van der Waals surface area (Å²) in [5.41, 5.74) is 2.55. The van der Waals surface area contributed by atoms with E-state index in [-0.39, 0.29) is 5.56 Å². The van der Waals surface area contributed by atoms with E-state index >= 15 is 0 Å². The third-order valence-corrected chi connectivity index (χ3v) is 2.78. The van der Waals surface area contributed by atoms with E-state index in [2.05, 4.69) is 25.0 Å². The maximum absolute atomic E-state index is 12.0. The van der Waals surface area contributed by atoms with Crippen molar-refractivity contribution in [1.29, 1.82) is 0 Å². The smallest absolute Gasteiger partial charge is 0.275 e. The van der Waals surface area contributed by atoms with Gasteiger partial charge in [0, 0.05) is 11.3 Å². The van der Waals surface area contributed by atoms with Gasteiger partial charge in [0.25, 0.3) is 5.56 Å². The monoisotopic (exact) mass is 230 g/mol. The zero-order valence-corrected chi connectivity index (χ0v) is 9.35. The second kappa shape index (κ2) is 3.27. The molecule has 0 fully saturated rings. The first-order chi connectivity index (χ1) is 8.18. The molecule has 3 rings (SSSR count). The van der Waals surface area contributed by atoms with E-state index in [4.69, 9.17) is 0 Å². The van der Waals surface area contributed by atoms with Crippen molar-refractivity contribution >= 4 is 11.2 Å². The van der Waals surface area contributed by atoms with Gasteiger partial charge >= 0.3 is 0 Å². The normalized spacial score (nSPS) is 11.2. The number of imidazole rings is 1. The molecule has 0 saturated heterocycles. The Bertz CT molecular complexity index is 750. The SMILES string of the molecule is Cc1[nH]n(-c2ncnc3nc[nH]c23)c(=O)c1C. The minimum Gasteiger partial charge on any atom is -0.340 e. The van der Waals surface area contributed by atoms with Gasteiger partial charge in [0.05, 0.1) is 6.33 Å². The van der Waals surface area contributed by atoms with Crippen LogP contribution in [0.4, 0.5) is 0 Å². The summed E-state index contributed by atoms with van der Waals surface area (Å²) in [6.45, 7) is 3.62. The molecular weight excluding hydrogens is 220 g/mol. The van der Waals surface area contributed by atoms with Crippen LogP contribution in [0.1, 0.15) is 11.3 Å². The summed E-state index contributed by atoms with van der Waals surface area (Å²) in [7, 11) is 0. The third-order valence-electron chi connectivity index (χ3n) is 2.78. The summed E-state index contributed by atoms with van der Waals surface area (Å²) in [5.74, 6) is 0.480. The minimum absolute atomic E-state index is 0.114. The summed E-state index contributed by atoms with van der Waals surface area (Å²) >= 11 is 0. The maximum Gasteiger partial charge on any atom is 0.275 e. The van der Waals surface area contributed by atoms with Crippen LogP contribution in [0.5, 0.6) is 0 Å². The van der Waals surface area contributed by atoms with E-state index in [0.717, 1.165) is 5.69 Å². The van der Waals surface area contributed by atoms with Crippen molar-refractivity contribution < 1.29 is 0 Å². The van der Waals surface area contributed by atoms with Gasteiger partial charge in [-0.05, 0) is 13.8 Å². The predicted molar refractivity (Wildman–Crippen MR) is 61.1 cm³/mol. The fourth-order valence-electron chi connectivity index (χ4n) is 1.70. The zero-order valence-electron chi connectivity index (χ0n) is 9.35. The summed E-state index contributed by atoms with van der Waals surface area (Å²) in [6, 6.07) is 0. The molecule has 0 saturated carbocycles. The Morgan fingerprint density at radius 1 is 1.24 bits per heavy atom. The molecule has 0 bridgehead atoms. The van der Waals surface area contributed by atoms with Gasteiger partial charge in [-0.1, -0.05) is 0 Å². The molecular formula is C10H10N6O. The fraction of sp³-hybridized carbons (Fsp3) is 0.200. The number of hydrogen-bond acceptors (Lipinski definition) is 4. The van der Waals surface area contributed by atoms with Crippen LogP contribution in [0.3, 0.4) is 0 Å². The molecule has 0 radical (unpaired) electrons. The second-order valence-electron chi connectivity index (χ2n) is 3.80. The molecule has 0 aliphatic rings. The first-order valence-electron chi connectivity index (χ1n) is 5.11. The summed E-state index contributed by atoms with van der Waals surface area (Å²) < 4.78 is 1.40. The van der Waals surface area contributed by atoms with Gasteiger partial charge in [-0.15, -0.1) is 0 Å². The Morgan fingerprint density at radius 3 is 2.76 bits per heavy atom. The molecule has 7 nitrogen and oxygen atoms in total. The quantitative estimate of drug-likeness (QED) is 0.634. The number of hydrogen-bond donors (Lipinski definition) is 2. The van der Waals surface area contributed by atoms with Gasteiger partial charge in [0.1, 0.15) is 11.8 Å². The van der Waals surface area contributed by atoms with Crippen molar-refractivity contribution in [3.05, 3.63) is 34.3 Å². The predicted octanol–water partition coefficient (Wildman–Crippen LogP) is 0.449. The van der Waals surface area contributed by atoms with Gasteiger partial charge in [-0.2, -0.15) is 4.68 Å². The van der Waals surface area contributed by atoms with E-state index in [9.17, 15) is 4.79 Å². The number of nitrogens with zero attached hydrogens (tertiary/aromatic N) is 4. The van der Waals surface area contributed by atoms with Crippen LogP contribution < -0.4 is 5.56 Å². The number of aromatic amines is 2. The second-order valence-corrected chi connectivity index (χ2v) is 3.80. The number of H-pyrrole nitrogens is 2. The van der Waals surface area contributed by atoms with Crippen molar-refractivity contribution in [2.45, 2.75) is 13.8 Å². The van der Waals surface area contributed by atoms with Crippen LogP contribution in [0.25, 0.3) is 17.0 Å². The highest BCUT2D eigenvalue weighted by Gasteiger charge is 2.13. The molecule has 0 unspecified atom stereocenters. The lowest BCUT2D eigenvalue weighted by molar-refractivity contribution is 0.808. The van der Waals surface area contributed by atoms with Gasteiger partial charge in [0.15, 0.2) is 11.5 Å². The van der Waals surface area contributed by atoms with Crippen molar-refractivity contribution in [3.8, 4) is 5.82 Å². The Balaban J connectivity index is 2.38. The highest BCUT2D eigenvalue weighted by molar-refractivity contribution is 5.77. The summed E-state index contributed by atoms with van der Waals surface area (Å²) in [4.78, 5) is 27.1. The lowest BCUT2D eigenvalue weighted by Crippen LogP contribution is -2.17. The van der Waals surface area contributed by atoms with Gasteiger partial charge in [-0.25, -0.2) is 15.0 Å². The third kappa shape index (κ3) is 1.28. The number of rotatable bonds is 1. The van der Waals surface area contributed by atoms with Gasteiger partial charge in [-0.3, -0.25) is 9.89 Å². The minimum atomic E-state index is -0.114. The van der Waals surface area contributed by atoms with Crippen LogP contribution in [0.15, 0.2) is 17.4 Å². The standard InChI is InChI=1S/C10H10N6O/c1-5-6(2)15-16(10(5)17)9-7-8(12-3-11-7)13-4-14-9/h3-4,15H,1-2H3,(H,11,12,13,14). The Morgan fingerprint density at radius 2 is 2.06 bits per heavy atom.